The number of hydrogen-bond donors (Lipinski definition) is 1. The van der Waals surface area contributed by atoms with E-state index < -0.39 is 0 Å². The van der Waals surface area contributed by atoms with Gasteiger partial charge in [-0.15, -0.1) is 0 Å². The van der Waals surface area contributed by atoms with Crippen LogP contribution in [0.3, 0.4) is 0 Å². The van der Waals surface area contributed by atoms with Crippen LogP contribution in [0.2, 0.25) is 0 Å². The van der Waals surface area contributed by atoms with Gasteiger partial charge < -0.3 is 9.88 Å². The molecular formula is C18H15N5O2. The second-order valence-corrected chi connectivity index (χ2v) is 5.82. The third kappa shape index (κ3) is 2.37. The lowest BCUT2D eigenvalue weighted by atomic mass is 10.3. The number of hydrogen-bond acceptors (Lipinski definition) is 4. The third-order valence-corrected chi connectivity index (χ3v) is 4.18. The van der Waals surface area contributed by atoms with E-state index in [4.69, 9.17) is 0 Å². The maximum Gasteiger partial charge on any atom is 0.272 e. The van der Waals surface area contributed by atoms with Crippen LogP contribution in [0.25, 0.3) is 16.7 Å². The van der Waals surface area contributed by atoms with Crippen molar-refractivity contribution in [2.45, 2.75) is 6.92 Å². The number of anilines is 1. The van der Waals surface area contributed by atoms with E-state index in [1.54, 1.807) is 54.5 Å². The lowest BCUT2D eigenvalue weighted by Crippen LogP contribution is -2.16. The molecule has 0 aromatic carbocycles. The summed E-state index contributed by atoms with van der Waals surface area (Å²) in [6, 6.07) is 8.76. The van der Waals surface area contributed by atoms with Crippen LogP contribution in [0, 0.1) is 6.92 Å². The molecule has 124 valence electrons. The van der Waals surface area contributed by atoms with Gasteiger partial charge >= 0.3 is 0 Å². The highest BCUT2D eigenvalue weighted by molar-refractivity contribution is 6.06. The fraction of sp³-hybridized carbons (Fsp3) is 0.111. The molecule has 4 aromatic heterocycles. The summed E-state index contributed by atoms with van der Waals surface area (Å²) in [4.78, 5) is 33.9. The van der Waals surface area contributed by atoms with Crippen molar-refractivity contribution in [1.29, 1.82) is 0 Å². The molecule has 0 fully saturated rings. The highest BCUT2D eigenvalue weighted by atomic mass is 16.2. The van der Waals surface area contributed by atoms with Crippen molar-refractivity contribution in [3.8, 4) is 0 Å². The van der Waals surface area contributed by atoms with Crippen molar-refractivity contribution in [2.24, 2.45) is 7.05 Å². The van der Waals surface area contributed by atoms with Crippen LogP contribution in [-0.2, 0) is 7.05 Å². The topological polar surface area (TPSA) is 81.3 Å². The average molecular weight is 333 g/mol. The standard InChI is InChI=1S/C18H15N5O2/c1-11-5-4-8-23-15(11)21-16-13(18(23)25)9-14(22(16)2)17(24)20-12-6-3-7-19-10-12/h3-10H,1-2H3,(H,20,24). The quantitative estimate of drug-likeness (QED) is 0.609. The molecule has 1 N–H and O–H groups in total. The molecule has 4 heterocycles. The Labute approximate surface area is 142 Å². The molecule has 0 aliphatic heterocycles. The number of nitrogens with zero attached hydrogens (tertiary/aromatic N) is 4. The van der Waals surface area contributed by atoms with E-state index in [-0.39, 0.29) is 11.5 Å². The zero-order valence-corrected chi connectivity index (χ0v) is 13.7. The molecule has 0 saturated heterocycles. The number of nitrogens with one attached hydrogen (secondary N) is 1. The summed E-state index contributed by atoms with van der Waals surface area (Å²) in [7, 11) is 1.72. The number of pyridine rings is 2. The molecule has 4 aromatic rings. The Kier molecular flexibility index (Phi) is 3.35. The molecule has 0 aliphatic carbocycles. The van der Waals surface area contributed by atoms with E-state index in [1.807, 2.05) is 13.0 Å². The lowest BCUT2D eigenvalue weighted by Gasteiger charge is -2.06. The van der Waals surface area contributed by atoms with Gasteiger partial charge in [0.1, 0.15) is 17.0 Å². The zero-order valence-electron chi connectivity index (χ0n) is 13.7. The van der Waals surface area contributed by atoms with Gasteiger partial charge in [0, 0.05) is 19.4 Å². The molecule has 1 amide bonds. The highest BCUT2D eigenvalue weighted by Gasteiger charge is 2.18. The first kappa shape index (κ1) is 15.1. The van der Waals surface area contributed by atoms with E-state index in [1.165, 1.54) is 4.40 Å². The summed E-state index contributed by atoms with van der Waals surface area (Å²) >= 11 is 0. The number of carbonyl (C=O) groups is 1. The van der Waals surface area contributed by atoms with E-state index >= 15 is 0 Å². The SMILES string of the molecule is Cc1cccn2c(=O)c3cc(C(=O)Nc4cccnc4)n(C)c3nc12. The molecular weight excluding hydrogens is 318 g/mol. The molecule has 0 bridgehead atoms. The molecule has 7 nitrogen and oxygen atoms in total. The van der Waals surface area contributed by atoms with Gasteiger partial charge in [-0.05, 0) is 36.8 Å². The van der Waals surface area contributed by atoms with Crippen LogP contribution in [0.1, 0.15) is 16.1 Å². The van der Waals surface area contributed by atoms with Gasteiger partial charge in [0.15, 0.2) is 0 Å². The van der Waals surface area contributed by atoms with Gasteiger partial charge in [0.05, 0.1) is 17.3 Å². The minimum atomic E-state index is -0.321. The summed E-state index contributed by atoms with van der Waals surface area (Å²) in [5.74, 6) is -0.321. The first-order valence-electron chi connectivity index (χ1n) is 7.75. The molecule has 7 heteroatoms. The number of fused-ring (bicyclic) bond motifs is 2. The van der Waals surface area contributed by atoms with Crippen LogP contribution >= 0.6 is 0 Å². The number of amides is 1. The summed E-state index contributed by atoms with van der Waals surface area (Å²) in [6.07, 6.45) is 4.87. The Morgan fingerprint density at radius 2 is 2.04 bits per heavy atom. The Balaban J connectivity index is 1.89. The summed E-state index contributed by atoms with van der Waals surface area (Å²) < 4.78 is 3.13. The van der Waals surface area contributed by atoms with Crippen LogP contribution < -0.4 is 10.9 Å². The first-order chi connectivity index (χ1) is 12.1. The van der Waals surface area contributed by atoms with Crippen LogP contribution in [0.4, 0.5) is 5.69 Å². The zero-order chi connectivity index (χ0) is 17.6. The van der Waals surface area contributed by atoms with Crippen molar-refractivity contribution in [1.82, 2.24) is 18.9 Å². The number of aryl methyl sites for hydroxylation is 2. The van der Waals surface area contributed by atoms with Crippen molar-refractivity contribution < 1.29 is 4.79 Å². The minimum absolute atomic E-state index is 0.195. The monoisotopic (exact) mass is 333 g/mol. The second-order valence-electron chi connectivity index (χ2n) is 5.82. The summed E-state index contributed by atoms with van der Waals surface area (Å²) in [5.41, 5.74) is 2.71. The Morgan fingerprint density at radius 3 is 2.80 bits per heavy atom. The molecule has 4 rings (SSSR count). The third-order valence-electron chi connectivity index (χ3n) is 4.18. The van der Waals surface area contributed by atoms with E-state index in [0.717, 1.165) is 5.56 Å². The van der Waals surface area contributed by atoms with Gasteiger partial charge in [-0.1, -0.05) is 6.07 Å². The first-order valence-corrected chi connectivity index (χ1v) is 7.75. The predicted octanol–water partition coefficient (Wildman–Crippen LogP) is 2.14. The summed E-state index contributed by atoms with van der Waals surface area (Å²) in [5, 5.41) is 3.18. The fourth-order valence-electron chi connectivity index (χ4n) is 2.88. The van der Waals surface area contributed by atoms with E-state index in [2.05, 4.69) is 15.3 Å². The number of rotatable bonds is 2. The van der Waals surface area contributed by atoms with Gasteiger partial charge in [-0.2, -0.15) is 0 Å². The Bertz CT molecular complexity index is 1170. The lowest BCUT2D eigenvalue weighted by molar-refractivity contribution is 0.101. The molecule has 0 atom stereocenters. The Morgan fingerprint density at radius 1 is 1.20 bits per heavy atom. The number of carbonyl (C=O) groups excluding carboxylic acids is 1. The van der Waals surface area contributed by atoms with Gasteiger partial charge in [-0.3, -0.25) is 19.0 Å². The van der Waals surface area contributed by atoms with Gasteiger partial charge in [0.25, 0.3) is 11.5 Å². The molecule has 0 spiro atoms. The van der Waals surface area contributed by atoms with Crippen molar-refractivity contribution in [3.63, 3.8) is 0 Å². The van der Waals surface area contributed by atoms with E-state index in [9.17, 15) is 9.59 Å². The molecule has 0 saturated carbocycles. The van der Waals surface area contributed by atoms with Gasteiger partial charge in [0.2, 0.25) is 0 Å². The number of aromatic nitrogens is 4. The van der Waals surface area contributed by atoms with Crippen LogP contribution in [0.5, 0.6) is 0 Å². The van der Waals surface area contributed by atoms with Crippen LogP contribution in [0.15, 0.2) is 53.7 Å². The summed E-state index contributed by atoms with van der Waals surface area (Å²) in [6.45, 7) is 1.90. The van der Waals surface area contributed by atoms with E-state index in [0.29, 0.717) is 28.1 Å². The highest BCUT2D eigenvalue weighted by Crippen LogP contribution is 2.17. The predicted molar refractivity (Wildman–Crippen MR) is 94.9 cm³/mol. The largest absolute Gasteiger partial charge is 0.324 e. The normalized spacial score (nSPS) is 11.1. The van der Waals surface area contributed by atoms with Gasteiger partial charge in [-0.25, -0.2) is 4.98 Å². The van der Waals surface area contributed by atoms with Crippen molar-refractivity contribution in [3.05, 3.63) is 70.5 Å². The fourth-order valence-corrected chi connectivity index (χ4v) is 2.88. The molecule has 0 radical (unpaired) electrons. The average Bonchev–Trinajstić information content (AvgIpc) is 2.94. The molecule has 0 unspecified atom stereocenters. The van der Waals surface area contributed by atoms with Crippen molar-refractivity contribution in [2.75, 3.05) is 5.32 Å². The Hall–Kier alpha value is -3.48. The molecule has 0 aliphatic rings. The molecule has 25 heavy (non-hydrogen) atoms. The second kappa shape index (κ2) is 5.55. The maximum atomic E-state index is 12.8. The van der Waals surface area contributed by atoms with Crippen LogP contribution in [-0.4, -0.2) is 24.8 Å². The maximum absolute atomic E-state index is 12.8. The smallest absolute Gasteiger partial charge is 0.272 e. The minimum Gasteiger partial charge on any atom is -0.324 e. The van der Waals surface area contributed by atoms with Crippen molar-refractivity contribution >= 4 is 28.3 Å².